The largest absolute Gasteiger partial charge is 0.487 e. The van der Waals surface area contributed by atoms with E-state index in [1.54, 1.807) is 36.5 Å². The average molecular weight is 260 g/mol. The van der Waals surface area contributed by atoms with Gasteiger partial charge in [0.25, 0.3) is 0 Å². The highest BCUT2D eigenvalue weighted by Crippen LogP contribution is 2.26. The third-order valence-electron chi connectivity index (χ3n) is 2.36. The highest BCUT2D eigenvalue weighted by Gasteiger charge is 2.05. The SMILES string of the molecule is N#Cc1ncccc1COc1cc(Cl)ccc1N. The Kier molecular flexibility index (Phi) is 3.66. The number of nitriles is 1. The molecule has 2 N–H and O–H groups in total. The Morgan fingerprint density at radius 3 is 3.00 bits per heavy atom. The second-order valence-corrected chi connectivity index (χ2v) is 4.03. The first-order valence-corrected chi connectivity index (χ1v) is 5.60. The summed E-state index contributed by atoms with van der Waals surface area (Å²) in [5.74, 6) is 0.496. The van der Waals surface area contributed by atoms with E-state index in [1.807, 2.05) is 6.07 Å². The van der Waals surface area contributed by atoms with Crippen LogP contribution in [0.25, 0.3) is 0 Å². The third kappa shape index (κ3) is 2.70. The summed E-state index contributed by atoms with van der Waals surface area (Å²) < 4.78 is 5.55. The lowest BCUT2D eigenvalue weighted by molar-refractivity contribution is 0.307. The summed E-state index contributed by atoms with van der Waals surface area (Å²) in [6.07, 6.45) is 1.57. The van der Waals surface area contributed by atoms with E-state index in [9.17, 15) is 0 Å². The molecule has 0 fully saturated rings. The maximum atomic E-state index is 8.90. The zero-order valence-corrected chi connectivity index (χ0v) is 10.2. The van der Waals surface area contributed by atoms with E-state index in [-0.39, 0.29) is 6.61 Å². The number of aromatic nitrogens is 1. The summed E-state index contributed by atoms with van der Waals surface area (Å²) in [6.45, 7) is 0.223. The molecule has 0 radical (unpaired) electrons. The Balaban J connectivity index is 2.17. The molecule has 0 bridgehead atoms. The van der Waals surface area contributed by atoms with Crippen molar-refractivity contribution in [3.63, 3.8) is 0 Å². The van der Waals surface area contributed by atoms with Gasteiger partial charge in [0.1, 0.15) is 24.1 Å². The molecule has 2 rings (SSSR count). The molecule has 4 nitrogen and oxygen atoms in total. The molecule has 1 aromatic carbocycles. The fraction of sp³-hybridized carbons (Fsp3) is 0.0769. The molecule has 0 aliphatic rings. The van der Waals surface area contributed by atoms with Gasteiger partial charge < -0.3 is 10.5 Å². The second kappa shape index (κ2) is 5.39. The van der Waals surface area contributed by atoms with Gasteiger partial charge >= 0.3 is 0 Å². The van der Waals surface area contributed by atoms with Gasteiger partial charge in [0.15, 0.2) is 0 Å². The molecule has 2 aromatic rings. The second-order valence-electron chi connectivity index (χ2n) is 3.59. The van der Waals surface area contributed by atoms with Gasteiger partial charge in [0.05, 0.1) is 5.69 Å². The molecule has 0 amide bonds. The van der Waals surface area contributed by atoms with Crippen molar-refractivity contribution in [1.82, 2.24) is 4.98 Å². The molecule has 18 heavy (non-hydrogen) atoms. The van der Waals surface area contributed by atoms with Gasteiger partial charge in [0, 0.05) is 22.8 Å². The number of hydrogen-bond acceptors (Lipinski definition) is 4. The van der Waals surface area contributed by atoms with Crippen LogP contribution >= 0.6 is 11.6 Å². The van der Waals surface area contributed by atoms with Crippen LogP contribution in [0.4, 0.5) is 5.69 Å². The standard InChI is InChI=1S/C13H10ClN3O/c14-10-3-4-11(16)13(6-10)18-8-9-2-1-5-17-12(9)7-15/h1-6H,8,16H2. The predicted octanol–water partition coefficient (Wildman–Crippen LogP) is 2.77. The van der Waals surface area contributed by atoms with E-state index in [2.05, 4.69) is 4.98 Å². The summed E-state index contributed by atoms with van der Waals surface area (Å²) in [7, 11) is 0. The minimum absolute atomic E-state index is 0.223. The van der Waals surface area contributed by atoms with E-state index in [0.717, 1.165) is 0 Å². The summed E-state index contributed by atoms with van der Waals surface area (Å²) >= 11 is 5.86. The third-order valence-corrected chi connectivity index (χ3v) is 2.59. The number of pyridine rings is 1. The van der Waals surface area contributed by atoms with Crippen LogP contribution in [-0.4, -0.2) is 4.98 Å². The van der Waals surface area contributed by atoms with Crippen molar-refractivity contribution >= 4 is 17.3 Å². The van der Waals surface area contributed by atoms with E-state index < -0.39 is 0 Å². The quantitative estimate of drug-likeness (QED) is 0.861. The maximum Gasteiger partial charge on any atom is 0.147 e. The number of benzene rings is 1. The van der Waals surface area contributed by atoms with Crippen molar-refractivity contribution in [3.8, 4) is 11.8 Å². The number of hydrogen-bond donors (Lipinski definition) is 1. The molecule has 0 saturated carbocycles. The Labute approximate surface area is 110 Å². The number of nitrogens with two attached hydrogens (primary N) is 1. The fourth-order valence-corrected chi connectivity index (χ4v) is 1.61. The number of anilines is 1. The van der Waals surface area contributed by atoms with Crippen molar-refractivity contribution in [1.29, 1.82) is 5.26 Å². The van der Waals surface area contributed by atoms with Gasteiger partial charge in [-0.15, -0.1) is 0 Å². The van der Waals surface area contributed by atoms with Crippen LogP contribution in [-0.2, 0) is 6.61 Å². The summed E-state index contributed by atoms with van der Waals surface area (Å²) in [5, 5.41) is 9.45. The summed E-state index contributed by atoms with van der Waals surface area (Å²) in [6, 6.07) is 10.5. The van der Waals surface area contributed by atoms with Gasteiger partial charge in [-0.1, -0.05) is 17.7 Å². The lowest BCUT2D eigenvalue weighted by Crippen LogP contribution is -2.01. The Bertz CT molecular complexity index is 607. The van der Waals surface area contributed by atoms with Gasteiger partial charge in [-0.05, 0) is 18.2 Å². The Hall–Kier alpha value is -2.25. The van der Waals surface area contributed by atoms with Crippen molar-refractivity contribution in [2.45, 2.75) is 6.61 Å². The Morgan fingerprint density at radius 1 is 1.39 bits per heavy atom. The highest BCUT2D eigenvalue weighted by molar-refractivity contribution is 6.30. The molecule has 0 saturated heterocycles. The number of nitrogen functional groups attached to an aromatic ring is 1. The predicted molar refractivity (Wildman–Crippen MR) is 69.1 cm³/mol. The molecule has 0 aliphatic heterocycles. The van der Waals surface area contributed by atoms with Crippen LogP contribution in [0.5, 0.6) is 5.75 Å². The molecule has 90 valence electrons. The maximum absolute atomic E-state index is 8.90. The van der Waals surface area contributed by atoms with Crippen LogP contribution < -0.4 is 10.5 Å². The highest BCUT2D eigenvalue weighted by atomic mass is 35.5. The van der Waals surface area contributed by atoms with Crippen molar-refractivity contribution in [3.05, 3.63) is 52.8 Å². The molecular formula is C13H10ClN3O. The van der Waals surface area contributed by atoms with Crippen LogP contribution in [0.15, 0.2) is 36.5 Å². The van der Waals surface area contributed by atoms with Crippen LogP contribution in [0.2, 0.25) is 5.02 Å². The smallest absolute Gasteiger partial charge is 0.147 e. The number of nitrogens with zero attached hydrogens (tertiary/aromatic N) is 2. The van der Waals surface area contributed by atoms with Gasteiger partial charge in [0.2, 0.25) is 0 Å². The van der Waals surface area contributed by atoms with Crippen molar-refractivity contribution in [2.75, 3.05) is 5.73 Å². The molecule has 0 atom stereocenters. The molecule has 1 aromatic heterocycles. The summed E-state index contributed by atoms with van der Waals surface area (Å²) in [4.78, 5) is 3.95. The van der Waals surface area contributed by atoms with Crippen LogP contribution in [0, 0.1) is 11.3 Å². The normalized spacial score (nSPS) is 9.78. The van der Waals surface area contributed by atoms with Crippen molar-refractivity contribution in [2.24, 2.45) is 0 Å². The topological polar surface area (TPSA) is 71.9 Å². The molecule has 0 unspecified atom stereocenters. The fourth-order valence-electron chi connectivity index (χ4n) is 1.44. The van der Waals surface area contributed by atoms with E-state index in [4.69, 9.17) is 27.3 Å². The van der Waals surface area contributed by atoms with Crippen molar-refractivity contribution < 1.29 is 4.74 Å². The number of halogens is 1. The van der Waals surface area contributed by atoms with Crippen LogP contribution in [0.1, 0.15) is 11.3 Å². The monoisotopic (exact) mass is 259 g/mol. The zero-order chi connectivity index (χ0) is 13.0. The molecule has 0 spiro atoms. The minimum atomic E-state index is 0.223. The zero-order valence-electron chi connectivity index (χ0n) is 9.43. The lowest BCUT2D eigenvalue weighted by atomic mass is 10.2. The first kappa shape index (κ1) is 12.2. The first-order valence-electron chi connectivity index (χ1n) is 5.22. The van der Waals surface area contributed by atoms with Gasteiger partial charge in [-0.25, -0.2) is 4.98 Å². The van der Waals surface area contributed by atoms with E-state index >= 15 is 0 Å². The summed E-state index contributed by atoms with van der Waals surface area (Å²) in [5.41, 5.74) is 7.31. The van der Waals surface area contributed by atoms with E-state index in [1.165, 1.54) is 0 Å². The van der Waals surface area contributed by atoms with Gasteiger partial charge in [-0.2, -0.15) is 5.26 Å². The molecule has 5 heteroatoms. The van der Waals surface area contributed by atoms with E-state index in [0.29, 0.717) is 27.7 Å². The minimum Gasteiger partial charge on any atom is -0.487 e. The molecule has 1 heterocycles. The lowest BCUT2D eigenvalue weighted by Gasteiger charge is -2.09. The number of ether oxygens (including phenoxy) is 1. The first-order chi connectivity index (χ1) is 8.70. The van der Waals surface area contributed by atoms with Gasteiger partial charge in [-0.3, -0.25) is 0 Å². The Morgan fingerprint density at radius 2 is 2.22 bits per heavy atom. The van der Waals surface area contributed by atoms with Crippen LogP contribution in [0.3, 0.4) is 0 Å². The molecule has 0 aliphatic carbocycles. The number of rotatable bonds is 3. The molecular weight excluding hydrogens is 250 g/mol. The average Bonchev–Trinajstić information content (AvgIpc) is 2.40.